The van der Waals surface area contributed by atoms with E-state index in [9.17, 15) is 4.79 Å². The number of carbonyl (C=O) groups excluding carboxylic acids is 1. The average molecular weight is 354 g/mol. The van der Waals surface area contributed by atoms with Gasteiger partial charge in [0.1, 0.15) is 5.75 Å². The summed E-state index contributed by atoms with van der Waals surface area (Å²) in [5.41, 5.74) is 2.42. The van der Waals surface area contributed by atoms with Gasteiger partial charge in [0.25, 0.3) is 0 Å². The molecule has 0 radical (unpaired) electrons. The standard InChI is InChI=1S/C16H14BrClO2/c1-10-7-11(3-5-14(10)18)15(19)9-12-8-13(17)4-6-16(12)20-2/h3-8H,9H2,1-2H3. The Labute approximate surface area is 131 Å². The molecule has 0 bridgehead atoms. The highest BCUT2D eigenvalue weighted by molar-refractivity contribution is 9.10. The van der Waals surface area contributed by atoms with Crippen molar-refractivity contribution in [3.63, 3.8) is 0 Å². The van der Waals surface area contributed by atoms with Gasteiger partial charge in [0.05, 0.1) is 7.11 Å². The molecule has 2 aromatic rings. The molecule has 2 nitrogen and oxygen atoms in total. The van der Waals surface area contributed by atoms with Gasteiger partial charge in [-0.15, -0.1) is 0 Å². The number of hydrogen-bond donors (Lipinski definition) is 0. The second kappa shape index (κ2) is 6.42. The van der Waals surface area contributed by atoms with Gasteiger partial charge in [-0.1, -0.05) is 27.5 Å². The van der Waals surface area contributed by atoms with Crippen LogP contribution >= 0.6 is 27.5 Å². The number of carbonyl (C=O) groups is 1. The number of hydrogen-bond acceptors (Lipinski definition) is 2. The van der Waals surface area contributed by atoms with Crippen LogP contribution in [0.2, 0.25) is 5.02 Å². The monoisotopic (exact) mass is 352 g/mol. The van der Waals surface area contributed by atoms with Crippen molar-refractivity contribution >= 4 is 33.3 Å². The van der Waals surface area contributed by atoms with E-state index in [1.165, 1.54) is 0 Å². The zero-order chi connectivity index (χ0) is 14.7. The molecule has 0 aliphatic heterocycles. The summed E-state index contributed by atoms with van der Waals surface area (Å²) in [7, 11) is 1.60. The van der Waals surface area contributed by atoms with Crippen molar-refractivity contribution in [1.29, 1.82) is 0 Å². The molecule has 0 saturated heterocycles. The number of aryl methyl sites for hydroxylation is 1. The van der Waals surface area contributed by atoms with Gasteiger partial charge in [0, 0.05) is 27.0 Å². The molecule has 0 spiro atoms. The lowest BCUT2D eigenvalue weighted by Gasteiger charge is -2.09. The van der Waals surface area contributed by atoms with Crippen molar-refractivity contribution in [3.8, 4) is 5.75 Å². The topological polar surface area (TPSA) is 26.3 Å². The Morgan fingerprint density at radius 3 is 2.65 bits per heavy atom. The summed E-state index contributed by atoms with van der Waals surface area (Å²) >= 11 is 9.38. The van der Waals surface area contributed by atoms with E-state index in [2.05, 4.69) is 15.9 Å². The second-order valence-electron chi connectivity index (χ2n) is 4.52. The number of rotatable bonds is 4. The van der Waals surface area contributed by atoms with Gasteiger partial charge >= 0.3 is 0 Å². The third-order valence-corrected chi connectivity index (χ3v) is 3.99. The molecule has 0 heterocycles. The summed E-state index contributed by atoms with van der Waals surface area (Å²) in [5, 5.41) is 0.668. The molecule has 0 amide bonds. The fourth-order valence-electron chi connectivity index (χ4n) is 1.98. The highest BCUT2D eigenvalue weighted by Gasteiger charge is 2.12. The number of ether oxygens (including phenoxy) is 1. The predicted octanol–water partition coefficient (Wildman–Crippen LogP) is 4.84. The Balaban J connectivity index is 2.27. The summed E-state index contributed by atoms with van der Waals surface area (Å²) in [6, 6.07) is 11.0. The Bertz CT molecular complexity index is 653. The molecule has 20 heavy (non-hydrogen) atoms. The fraction of sp³-hybridized carbons (Fsp3) is 0.188. The van der Waals surface area contributed by atoms with Gasteiger partial charge in [-0.2, -0.15) is 0 Å². The van der Waals surface area contributed by atoms with E-state index in [-0.39, 0.29) is 5.78 Å². The number of methoxy groups -OCH3 is 1. The van der Waals surface area contributed by atoms with Crippen LogP contribution in [-0.2, 0) is 6.42 Å². The lowest BCUT2D eigenvalue weighted by molar-refractivity contribution is 0.0992. The van der Waals surface area contributed by atoms with Crippen molar-refractivity contribution in [2.75, 3.05) is 7.11 Å². The Kier molecular flexibility index (Phi) is 4.84. The first-order chi connectivity index (χ1) is 9.51. The van der Waals surface area contributed by atoms with Crippen LogP contribution in [0.25, 0.3) is 0 Å². The normalized spacial score (nSPS) is 10.4. The van der Waals surface area contributed by atoms with E-state index in [1.54, 1.807) is 19.2 Å². The lowest BCUT2D eigenvalue weighted by atomic mass is 10.0. The largest absolute Gasteiger partial charge is 0.496 e. The lowest BCUT2D eigenvalue weighted by Crippen LogP contribution is -2.05. The SMILES string of the molecule is COc1ccc(Br)cc1CC(=O)c1ccc(Cl)c(C)c1. The van der Waals surface area contributed by atoms with Crippen molar-refractivity contribution < 1.29 is 9.53 Å². The van der Waals surface area contributed by atoms with Crippen LogP contribution in [0.1, 0.15) is 21.5 Å². The minimum Gasteiger partial charge on any atom is -0.496 e. The first kappa shape index (κ1) is 15.1. The summed E-state index contributed by atoms with van der Waals surface area (Å²) < 4.78 is 6.21. The summed E-state index contributed by atoms with van der Waals surface area (Å²) in [5.74, 6) is 0.758. The van der Waals surface area contributed by atoms with Gasteiger partial charge in [-0.05, 0) is 48.9 Å². The Morgan fingerprint density at radius 2 is 2.00 bits per heavy atom. The van der Waals surface area contributed by atoms with Crippen LogP contribution < -0.4 is 4.74 Å². The third kappa shape index (κ3) is 3.41. The van der Waals surface area contributed by atoms with E-state index in [4.69, 9.17) is 16.3 Å². The van der Waals surface area contributed by atoms with Crippen LogP contribution in [0.15, 0.2) is 40.9 Å². The molecule has 0 unspecified atom stereocenters. The highest BCUT2D eigenvalue weighted by atomic mass is 79.9. The maximum absolute atomic E-state index is 12.3. The van der Waals surface area contributed by atoms with Gasteiger partial charge in [-0.3, -0.25) is 4.79 Å². The summed E-state index contributed by atoms with van der Waals surface area (Å²) in [4.78, 5) is 12.3. The minimum absolute atomic E-state index is 0.0427. The molecule has 4 heteroatoms. The number of ketones is 1. The number of Topliss-reactive ketones (excluding diaryl/α,β-unsaturated/α-hetero) is 1. The summed E-state index contributed by atoms with van der Waals surface area (Å²) in [6.45, 7) is 1.89. The highest BCUT2D eigenvalue weighted by Crippen LogP contribution is 2.25. The molecule has 0 aliphatic carbocycles. The molecular formula is C16H14BrClO2. The molecule has 104 valence electrons. The molecule has 0 atom stereocenters. The molecule has 0 fully saturated rings. The van der Waals surface area contributed by atoms with E-state index >= 15 is 0 Å². The molecule has 0 aromatic heterocycles. The van der Waals surface area contributed by atoms with Crippen molar-refractivity contribution in [2.45, 2.75) is 13.3 Å². The quantitative estimate of drug-likeness (QED) is 0.735. The van der Waals surface area contributed by atoms with Crippen molar-refractivity contribution in [2.24, 2.45) is 0 Å². The first-order valence-electron chi connectivity index (χ1n) is 6.13. The Morgan fingerprint density at radius 1 is 1.25 bits per heavy atom. The van der Waals surface area contributed by atoms with Crippen molar-refractivity contribution in [1.82, 2.24) is 0 Å². The van der Waals surface area contributed by atoms with Crippen LogP contribution in [-0.4, -0.2) is 12.9 Å². The zero-order valence-electron chi connectivity index (χ0n) is 11.2. The van der Waals surface area contributed by atoms with Gasteiger partial charge < -0.3 is 4.74 Å². The van der Waals surface area contributed by atoms with E-state index in [0.29, 0.717) is 22.8 Å². The van der Waals surface area contributed by atoms with Crippen molar-refractivity contribution in [3.05, 3.63) is 62.6 Å². The van der Waals surface area contributed by atoms with Crippen LogP contribution in [0, 0.1) is 6.92 Å². The smallest absolute Gasteiger partial charge is 0.167 e. The fourth-order valence-corrected chi connectivity index (χ4v) is 2.50. The van der Waals surface area contributed by atoms with Gasteiger partial charge in [0.15, 0.2) is 5.78 Å². The molecule has 0 N–H and O–H groups in total. The van der Waals surface area contributed by atoms with Gasteiger partial charge in [0.2, 0.25) is 0 Å². The first-order valence-corrected chi connectivity index (χ1v) is 7.30. The third-order valence-electron chi connectivity index (χ3n) is 3.07. The molecule has 2 aromatic carbocycles. The molecule has 0 aliphatic rings. The minimum atomic E-state index is 0.0427. The maximum Gasteiger partial charge on any atom is 0.167 e. The maximum atomic E-state index is 12.3. The van der Waals surface area contributed by atoms with E-state index in [0.717, 1.165) is 15.6 Å². The Hall–Kier alpha value is -1.32. The zero-order valence-corrected chi connectivity index (χ0v) is 13.6. The summed E-state index contributed by atoms with van der Waals surface area (Å²) in [6.07, 6.45) is 0.295. The molecule has 0 saturated carbocycles. The average Bonchev–Trinajstić information content (AvgIpc) is 2.42. The molecule has 2 rings (SSSR count). The predicted molar refractivity (Wildman–Crippen MR) is 84.9 cm³/mol. The second-order valence-corrected chi connectivity index (χ2v) is 5.84. The van der Waals surface area contributed by atoms with E-state index in [1.807, 2.05) is 31.2 Å². The van der Waals surface area contributed by atoms with Crippen LogP contribution in [0.3, 0.4) is 0 Å². The van der Waals surface area contributed by atoms with Gasteiger partial charge in [-0.25, -0.2) is 0 Å². The number of halogens is 2. The van der Waals surface area contributed by atoms with Crippen LogP contribution in [0.4, 0.5) is 0 Å². The molecular weight excluding hydrogens is 340 g/mol. The number of benzene rings is 2. The van der Waals surface area contributed by atoms with E-state index < -0.39 is 0 Å². The van der Waals surface area contributed by atoms with Crippen LogP contribution in [0.5, 0.6) is 5.75 Å².